The average Bonchev–Trinajstić information content (AvgIpc) is 3.03. The average molecular weight is 332 g/mol. The molecular weight excluding hydrogens is 313 g/mol. The summed E-state index contributed by atoms with van der Waals surface area (Å²) >= 11 is 0. The first-order chi connectivity index (χ1) is 10.9. The fraction of sp³-hybridized carbons (Fsp3) is 0.667. The molecule has 0 aromatic carbocycles. The molecule has 1 fully saturated rings. The van der Waals surface area contributed by atoms with Gasteiger partial charge in [-0.3, -0.25) is 0 Å². The number of rotatable bonds is 6. The Labute approximate surface area is 132 Å². The quantitative estimate of drug-likeness (QED) is 0.592. The van der Waals surface area contributed by atoms with Gasteiger partial charge in [0.1, 0.15) is 11.4 Å². The summed E-state index contributed by atoms with van der Waals surface area (Å²) in [5.74, 6) is -0.457. The van der Waals surface area contributed by atoms with E-state index < -0.39 is 23.4 Å². The van der Waals surface area contributed by atoms with Crippen molar-refractivity contribution < 1.29 is 27.4 Å². The van der Waals surface area contributed by atoms with Crippen molar-refractivity contribution >= 4 is 5.97 Å². The van der Waals surface area contributed by atoms with Gasteiger partial charge in [0.25, 0.3) is 0 Å². The molecule has 0 aliphatic carbocycles. The monoisotopic (exact) mass is 332 g/mol. The molecule has 1 aliphatic rings. The predicted octanol–water partition coefficient (Wildman–Crippen LogP) is 3.03. The summed E-state index contributed by atoms with van der Waals surface area (Å²) in [6.45, 7) is 1.56. The van der Waals surface area contributed by atoms with E-state index in [9.17, 15) is 18.0 Å². The SMILES string of the molecule is COC(=O)c1cnc(CCCC[C@H]2CCOC2)nc1C(F)(F)F. The predicted molar refractivity (Wildman–Crippen MR) is 74.9 cm³/mol. The molecule has 0 spiro atoms. The van der Waals surface area contributed by atoms with E-state index >= 15 is 0 Å². The van der Waals surface area contributed by atoms with Gasteiger partial charge < -0.3 is 9.47 Å². The zero-order valence-electron chi connectivity index (χ0n) is 12.9. The minimum atomic E-state index is -4.72. The molecule has 0 unspecified atom stereocenters. The zero-order chi connectivity index (χ0) is 16.9. The maximum absolute atomic E-state index is 13.0. The van der Waals surface area contributed by atoms with E-state index in [1.54, 1.807) is 0 Å². The summed E-state index contributed by atoms with van der Waals surface area (Å²) in [5.41, 5.74) is -1.90. The molecule has 0 saturated carbocycles. The summed E-state index contributed by atoms with van der Waals surface area (Å²) in [4.78, 5) is 18.8. The minimum absolute atomic E-state index is 0.0904. The Morgan fingerprint density at radius 3 is 2.83 bits per heavy atom. The van der Waals surface area contributed by atoms with Crippen molar-refractivity contribution in [2.45, 2.75) is 38.3 Å². The molecule has 2 rings (SSSR count). The van der Waals surface area contributed by atoms with Crippen LogP contribution >= 0.6 is 0 Å². The Morgan fingerprint density at radius 2 is 2.22 bits per heavy atom. The molecule has 1 aromatic rings. The molecule has 8 heteroatoms. The van der Waals surface area contributed by atoms with Gasteiger partial charge in [0, 0.05) is 25.8 Å². The maximum Gasteiger partial charge on any atom is 0.434 e. The van der Waals surface area contributed by atoms with Crippen LogP contribution < -0.4 is 0 Å². The third kappa shape index (κ3) is 4.89. The second kappa shape index (κ2) is 7.72. The molecule has 2 heterocycles. The first-order valence-electron chi connectivity index (χ1n) is 7.51. The van der Waals surface area contributed by atoms with E-state index in [1.807, 2.05) is 0 Å². The molecule has 1 saturated heterocycles. The van der Waals surface area contributed by atoms with Crippen molar-refractivity contribution in [1.29, 1.82) is 0 Å². The van der Waals surface area contributed by atoms with E-state index in [0.717, 1.165) is 45.8 Å². The number of unbranched alkanes of at least 4 members (excludes halogenated alkanes) is 1. The Morgan fingerprint density at radius 1 is 1.43 bits per heavy atom. The number of aromatic nitrogens is 2. The van der Waals surface area contributed by atoms with E-state index in [-0.39, 0.29) is 5.82 Å². The van der Waals surface area contributed by atoms with Crippen molar-refractivity contribution in [2.75, 3.05) is 20.3 Å². The number of esters is 1. The molecule has 1 atom stereocenters. The largest absolute Gasteiger partial charge is 0.465 e. The number of carbonyl (C=O) groups is 1. The Balaban J connectivity index is 1.97. The third-order valence-corrected chi connectivity index (χ3v) is 3.80. The highest BCUT2D eigenvalue weighted by Gasteiger charge is 2.38. The number of ether oxygens (including phenoxy) is 2. The van der Waals surface area contributed by atoms with Crippen LogP contribution in [-0.2, 0) is 22.1 Å². The van der Waals surface area contributed by atoms with E-state index in [1.165, 1.54) is 0 Å². The van der Waals surface area contributed by atoms with Crippen LogP contribution in [-0.4, -0.2) is 36.3 Å². The van der Waals surface area contributed by atoms with Crippen LogP contribution in [0.2, 0.25) is 0 Å². The van der Waals surface area contributed by atoms with Crippen molar-refractivity contribution in [3.63, 3.8) is 0 Å². The van der Waals surface area contributed by atoms with Crippen molar-refractivity contribution in [1.82, 2.24) is 9.97 Å². The van der Waals surface area contributed by atoms with Crippen molar-refractivity contribution in [3.05, 3.63) is 23.3 Å². The number of nitrogens with zero attached hydrogens (tertiary/aromatic N) is 2. The fourth-order valence-corrected chi connectivity index (χ4v) is 2.54. The van der Waals surface area contributed by atoms with Gasteiger partial charge in [-0.15, -0.1) is 0 Å². The number of alkyl halides is 3. The van der Waals surface area contributed by atoms with Gasteiger partial charge in [-0.1, -0.05) is 6.42 Å². The Kier molecular flexibility index (Phi) is 5.92. The number of halogens is 3. The van der Waals surface area contributed by atoms with Crippen LogP contribution in [0, 0.1) is 5.92 Å². The molecule has 0 N–H and O–H groups in total. The second-order valence-electron chi connectivity index (χ2n) is 5.51. The van der Waals surface area contributed by atoms with Crippen LogP contribution in [0.4, 0.5) is 13.2 Å². The van der Waals surface area contributed by atoms with Crippen molar-refractivity contribution in [2.24, 2.45) is 5.92 Å². The Bertz CT molecular complexity index is 543. The zero-order valence-corrected chi connectivity index (χ0v) is 12.9. The normalized spacial score (nSPS) is 18.2. The van der Waals surface area contributed by atoms with Gasteiger partial charge in [-0.05, 0) is 25.2 Å². The lowest BCUT2D eigenvalue weighted by molar-refractivity contribution is -0.141. The summed E-state index contributed by atoms with van der Waals surface area (Å²) in [7, 11) is 1.02. The highest BCUT2D eigenvalue weighted by Crippen LogP contribution is 2.30. The topological polar surface area (TPSA) is 61.3 Å². The first-order valence-corrected chi connectivity index (χ1v) is 7.51. The smallest absolute Gasteiger partial charge is 0.434 e. The second-order valence-corrected chi connectivity index (χ2v) is 5.51. The lowest BCUT2D eigenvalue weighted by Crippen LogP contribution is -2.18. The van der Waals surface area contributed by atoms with Gasteiger partial charge in [-0.2, -0.15) is 13.2 Å². The number of hydrogen-bond donors (Lipinski definition) is 0. The molecule has 1 aliphatic heterocycles. The van der Waals surface area contributed by atoms with Gasteiger partial charge in [0.05, 0.1) is 7.11 Å². The molecular formula is C15H19F3N2O3. The van der Waals surface area contributed by atoms with E-state index in [0.29, 0.717) is 18.8 Å². The number of hydrogen-bond acceptors (Lipinski definition) is 5. The van der Waals surface area contributed by atoms with Gasteiger partial charge in [0.2, 0.25) is 0 Å². The van der Waals surface area contributed by atoms with Gasteiger partial charge in [0.15, 0.2) is 5.69 Å². The minimum Gasteiger partial charge on any atom is -0.465 e. The lowest BCUT2D eigenvalue weighted by Gasteiger charge is -2.11. The molecule has 0 radical (unpaired) electrons. The van der Waals surface area contributed by atoms with E-state index in [4.69, 9.17) is 4.74 Å². The number of methoxy groups -OCH3 is 1. The molecule has 5 nitrogen and oxygen atoms in total. The van der Waals surface area contributed by atoms with Crippen molar-refractivity contribution in [3.8, 4) is 0 Å². The van der Waals surface area contributed by atoms with Crippen LogP contribution in [0.15, 0.2) is 6.20 Å². The molecule has 1 aromatic heterocycles. The summed E-state index contributed by atoms with van der Waals surface area (Å²) in [5, 5.41) is 0. The summed E-state index contributed by atoms with van der Waals surface area (Å²) in [6.07, 6.45) is 0.139. The number of carbonyl (C=O) groups excluding carboxylic acids is 1. The number of aryl methyl sites for hydroxylation is 1. The van der Waals surface area contributed by atoms with Gasteiger partial charge >= 0.3 is 12.1 Å². The Hall–Kier alpha value is -1.70. The maximum atomic E-state index is 13.0. The summed E-state index contributed by atoms with van der Waals surface area (Å²) < 4.78 is 48.6. The van der Waals surface area contributed by atoms with Crippen LogP contribution in [0.5, 0.6) is 0 Å². The standard InChI is InChI=1S/C15H19F3N2O3/c1-22-14(21)11-8-19-12(20-13(11)15(16,17)18)5-3-2-4-10-6-7-23-9-10/h8,10H,2-7,9H2,1H3/t10-/m0/s1. The molecule has 0 bridgehead atoms. The van der Waals surface area contributed by atoms with Crippen LogP contribution in [0.1, 0.15) is 47.6 Å². The lowest BCUT2D eigenvalue weighted by atomic mass is 10.0. The fourth-order valence-electron chi connectivity index (χ4n) is 2.54. The molecule has 128 valence electrons. The first kappa shape index (κ1) is 17.7. The molecule has 0 amide bonds. The highest BCUT2D eigenvalue weighted by molar-refractivity contribution is 5.90. The summed E-state index contributed by atoms with van der Waals surface area (Å²) in [6, 6.07) is 0. The third-order valence-electron chi connectivity index (χ3n) is 3.80. The van der Waals surface area contributed by atoms with E-state index in [2.05, 4.69) is 14.7 Å². The van der Waals surface area contributed by atoms with Crippen LogP contribution in [0.25, 0.3) is 0 Å². The highest BCUT2D eigenvalue weighted by atomic mass is 19.4. The van der Waals surface area contributed by atoms with Crippen LogP contribution in [0.3, 0.4) is 0 Å². The van der Waals surface area contributed by atoms with Gasteiger partial charge in [-0.25, -0.2) is 14.8 Å². The molecule has 23 heavy (non-hydrogen) atoms.